The number of aryl methyl sites for hydroxylation is 1. The minimum absolute atomic E-state index is 0.0289. The molecule has 0 aromatic carbocycles. The molecule has 1 saturated heterocycles. The van der Waals surface area contributed by atoms with Crippen molar-refractivity contribution in [1.82, 2.24) is 15.6 Å². The van der Waals surface area contributed by atoms with Crippen LogP contribution in [0.5, 0.6) is 0 Å². The zero-order chi connectivity index (χ0) is 42.7. The number of ketones is 1. The molecule has 1 fully saturated rings. The Kier molecular flexibility index (Phi) is 22.4. The summed E-state index contributed by atoms with van der Waals surface area (Å²) in [7, 11) is 2.63. The number of Topliss-reactive ketones (excluding diaryl/α,β-unsaturated/α-hetero) is 1. The molecule has 18 heteroatoms. The summed E-state index contributed by atoms with van der Waals surface area (Å²) in [4.78, 5) is 77.7. The predicted molar refractivity (Wildman–Crippen MR) is 221 cm³/mol. The Morgan fingerprint density at radius 3 is 2.46 bits per heavy atom. The molecule has 1 amide bonds. The van der Waals surface area contributed by atoms with Crippen LogP contribution in [0.25, 0.3) is 6.08 Å². The summed E-state index contributed by atoms with van der Waals surface area (Å²) in [5, 5.41) is 39.8. The van der Waals surface area contributed by atoms with E-state index in [1.807, 2.05) is 32.2 Å². The highest BCUT2D eigenvalue weighted by molar-refractivity contribution is 8.76. The maximum Gasteiger partial charge on any atom is 0.508 e. The number of carbonyl (C=O) groups excluding carboxylic acids is 5. The van der Waals surface area contributed by atoms with E-state index >= 15 is 0 Å². The molecular weight excluding hydrogens is 799 g/mol. The van der Waals surface area contributed by atoms with Gasteiger partial charge in [0.2, 0.25) is 5.91 Å². The van der Waals surface area contributed by atoms with Gasteiger partial charge in [-0.1, -0.05) is 62.6 Å². The molecule has 1 aliphatic rings. The standard InChI is InChI=1S/C39H61N3O12S3/c1-23-9-8-10-28(40-13-14-52-38(51)53-15-16-56-57-22-30(20-43)42-37(50)25(3)18-33(45)46)11-12-31(24(2)17-29-21-55-27(5)41-29)54-34(47)19-32(44)39(6,7)36(49)26(4)35(23)48/h17,20-21,23,25-26,28,30-32,35,40,44,48H,8-16,18-19,22H2,1-7H3,(H,42,50)(H,45,46)/b24-17+. The summed E-state index contributed by atoms with van der Waals surface area (Å²) < 4.78 is 16.4. The second-order valence-corrected chi connectivity index (χ2v) is 18.9. The first-order chi connectivity index (χ1) is 26.8. The molecule has 1 aliphatic heterocycles. The summed E-state index contributed by atoms with van der Waals surface area (Å²) >= 11 is 1.51. The van der Waals surface area contributed by atoms with Gasteiger partial charge in [0.15, 0.2) is 0 Å². The van der Waals surface area contributed by atoms with E-state index in [1.54, 1.807) is 20.8 Å². The van der Waals surface area contributed by atoms with Crippen molar-refractivity contribution in [2.45, 2.75) is 124 Å². The molecule has 0 radical (unpaired) electrons. The number of aliphatic hydroxyl groups is 2. The van der Waals surface area contributed by atoms with Gasteiger partial charge in [-0.05, 0) is 57.1 Å². The van der Waals surface area contributed by atoms with Gasteiger partial charge in [0.05, 0.1) is 47.2 Å². The molecule has 0 spiro atoms. The predicted octanol–water partition coefficient (Wildman–Crippen LogP) is 5.00. The fourth-order valence-electron chi connectivity index (χ4n) is 6.30. The number of ether oxygens (including phenoxy) is 3. The lowest BCUT2D eigenvalue weighted by Gasteiger charge is -2.34. The number of hydrogen-bond acceptors (Lipinski definition) is 16. The molecule has 8 atom stereocenters. The first-order valence-corrected chi connectivity index (χ1v) is 22.7. The number of carboxylic acids is 1. The molecule has 57 heavy (non-hydrogen) atoms. The number of carboxylic acid groups (broad SMARTS) is 1. The van der Waals surface area contributed by atoms with Crippen molar-refractivity contribution in [3.05, 3.63) is 21.7 Å². The van der Waals surface area contributed by atoms with E-state index in [-0.39, 0.29) is 49.6 Å². The summed E-state index contributed by atoms with van der Waals surface area (Å²) in [5.41, 5.74) is 0.246. The van der Waals surface area contributed by atoms with Crippen molar-refractivity contribution < 1.29 is 58.3 Å². The summed E-state index contributed by atoms with van der Waals surface area (Å²) in [6, 6.07) is -0.858. The van der Waals surface area contributed by atoms with Crippen molar-refractivity contribution in [3.8, 4) is 0 Å². The van der Waals surface area contributed by atoms with Crippen LogP contribution < -0.4 is 10.6 Å². The van der Waals surface area contributed by atoms with E-state index in [1.165, 1.54) is 39.8 Å². The Morgan fingerprint density at radius 1 is 1.11 bits per heavy atom. The fraction of sp³-hybridized carbons (Fsp3) is 0.718. The van der Waals surface area contributed by atoms with Gasteiger partial charge in [-0.25, -0.2) is 9.78 Å². The number of nitrogens with one attached hydrogen (secondary N) is 2. The average Bonchev–Trinajstić information content (AvgIpc) is 3.57. The van der Waals surface area contributed by atoms with Crippen molar-refractivity contribution in [3.63, 3.8) is 0 Å². The highest BCUT2D eigenvalue weighted by atomic mass is 33.1. The molecule has 15 nitrogen and oxygen atoms in total. The van der Waals surface area contributed by atoms with Gasteiger partial charge >= 0.3 is 18.1 Å². The number of aldehydes is 1. The SMILES string of the molecule is C/C(=C\c1csc(C)n1)C1CCC(NCCOC(=O)OCCSSCC(C=O)NC(=O)C(C)CC(=O)O)CCCC(C)C(O)C(C)C(=O)C(C)(C)C(O)CC(=O)O1. The van der Waals surface area contributed by atoms with Gasteiger partial charge < -0.3 is 45.0 Å². The van der Waals surface area contributed by atoms with Crippen LogP contribution in [0.4, 0.5) is 4.79 Å². The Balaban J connectivity index is 1.97. The number of rotatable bonds is 17. The second-order valence-electron chi connectivity index (χ2n) is 15.2. The molecule has 0 saturated carbocycles. The van der Waals surface area contributed by atoms with E-state index in [0.29, 0.717) is 44.3 Å². The minimum Gasteiger partial charge on any atom is -0.481 e. The van der Waals surface area contributed by atoms with Gasteiger partial charge in [0.25, 0.3) is 0 Å². The molecular formula is C39H61N3O12S3. The minimum atomic E-state index is -1.31. The highest BCUT2D eigenvalue weighted by Gasteiger charge is 2.42. The van der Waals surface area contributed by atoms with E-state index in [9.17, 15) is 39.0 Å². The van der Waals surface area contributed by atoms with E-state index in [0.717, 1.165) is 22.7 Å². The molecule has 1 aromatic heterocycles. The third-order valence-corrected chi connectivity index (χ3v) is 13.2. The number of hydrogen-bond donors (Lipinski definition) is 5. The summed E-state index contributed by atoms with van der Waals surface area (Å²) in [5.74, 6) is -3.67. The number of carbonyl (C=O) groups is 6. The number of amides is 1. The lowest BCUT2D eigenvalue weighted by atomic mass is 9.73. The van der Waals surface area contributed by atoms with Gasteiger partial charge in [-0.15, -0.1) is 11.3 Å². The number of thiazole rings is 1. The van der Waals surface area contributed by atoms with Crippen LogP contribution in [-0.4, -0.2) is 118 Å². The Hall–Kier alpha value is -3.03. The normalized spacial score (nSPS) is 25.1. The maximum absolute atomic E-state index is 13.5. The highest BCUT2D eigenvalue weighted by Crippen LogP contribution is 2.33. The maximum atomic E-state index is 13.5. The number of aliphatic hydroxyl groups excluding tert-OH is 2. The van der Waals surface area contributed by atoms with Crippen molar-refractivity contribution >= 4 is 75.1 Å². The Morgan fingerprint density at radius 2 is 1.81 bits per heavy atom. The van der Waals surface area contributed by atoms with Crippen LogP contribution >= 0.6 is 32.9 Å². The van der Waals surface area contributed by atoms with Crippen LogP contribution in [0.2, 0.25) is 0 Å². The first-order valence-electron chi connectivity index (χ1n) is 19.3. The van der Waals surface area contributed by atoms with Gasteiger partial charge in [-0.3, -0.25) is 19.2 Å². The Labute approximate surface area is 347 Å². The van der Waals surface area contributed by atoms with E-state index in [2.05, 4.69) is 15.6 Å². The third-order valence-electron chi connectivity index (χ3n) is 10.0. The fourth-order valence-corrected chi connectivity index (χ4v) is 8.83. The third kappa shape index (κ3) is 18.2. The van der Waals surface area contributed by atoms with Crippen molar-refractivity contribution in [2.24, 2.45) is 23.2 Å². The number of esters is 1. The molecule has 322 valence electrons. The number of aliphatic carboxylic acids is 1. The summed E-state index contributed by atoms with van der Waals surface area (Å²) in [6.07, 6.45) is 1.15. The molecule has 2 heterocycles. The second kappa shape index (κ2) is 25.5. The quantitative estimate of drug-likeness (QED) is 0.0601. The van der Waals surface area contributed by atoms with Crippen LogP contribution in [-0.2, 0) is 38.2 Å². The van der Waals surface area contributed by atoms with E-state index < -0.39 is 65.6 Å². The van der Waals surface area contributed by atoms with Gasteiger partial charge in [-0.2, -0.15) is 0 Å². The zero-order valence-electron chi connectivity index (χ0n) is 34.0. The lowest BCUT2D eigenvalue weighted by Crippen LogP contribution is -2.45. The van der Waals surface area contributed by atoms with E-state index in [4.69, 9.17) is 19.3 Å². The molecule has 2 rings (SSSR count). The molecule has 5 N–H and O–H groups in total. The molecule has 8 unspecified atom stereocenters. The van der Waals surface area contributed by atoms with Crippen molar-refractivity contribution in [2.75, 3.05) is 31.3 Å². The smallest absolute Gasteiger partial charge is 0.481 e. The molecule has 0 bridgehead atoms. The Bertz CT molecular complexity index is 1510. The molecule has 1 aromatic rings. The zero-order valence-corrected chi connectivity index (χ0v) is 36.5. The van der Waals surface area contributed by atoms with Crippen LogP contribution in [0.3, 0.4) is 0 Å². The van der Waals surface area contributed by atoms with Crippen molar-refractivity contribution in [1.29, 1.82) is 0 Å². The lowest BCUT2D eigenvalue weighted by molar-refractivity contribution is -0.154. The topological polar surface area (TPSA) is 228 Å². The van der Waals surface area contributed by atoms with Crippen LogP contribution in [0.15, 0.2) is 11.0 Å². The molecule has 0 aliphatic carbocycles. The van der Waals surface area contributed by atoms with Gasteiger partial charge in [0.1, 0.15) is 31.4 Å². The van der Waals surface area contributed by atoms with Gasteiger partial charge in [0, 0.05) is 41.3 Å². The average molecular weight is 860 g/mol. The summed E-state index contributed by atoms with van der Waals surface area (Å²) in [6.45, 7) is 12.4. The largest absolute Gasteiger partial charge is 0.508 e. The number of nitrogens with zero attached hydrogens (tertiary/aromatic N) is 1. The monoisotopic (exact) mass is 859 g/mol. The van der Waals surface area contributed by atoms with Crippen LogP contribution in [0, 0.1) is 30.1 Å². The number of cyclic esters (lactones) is 1. The first kappa shape index (κ1) is 50.1. The van der Waals surface area contributed by atoms with Crippen LogP contribution in [0.1, 0.15) is 97.2 Å². The number of aromatic nitrogens is 1.